The SMILES string of the molecule is CC(=O)SCC1CC(=O)N(c2nnc(C(C)(C)C)s2)C1. The van der Waals surface area contributed by atoms with Gasteiger partial charge in [0.2, 0.25) is 11.0 Å². The fourth-order valence-corrected chi connectivity index (χ4v) is 3.56. The van der Waals surface area contributed by atoms with Crippen molar-refractivity contribution in [3.63, 3.8) is 0 Å². The first-order valence-corrected chi connectivity index (χ1v) is 8.35. The average Bonchev–Trinajstić information content (AvgIpc) is 2.91. The molecule has 1 amide bonds. The second-order valence-corrected chi connectivity index (χ2v) is 8.17. The number of amides is 1. The van der Waals surface area contributed by atoms with Crippen molar-refractivity contribution in [1.29, 1.82) is 0 Å². The lowest BCUT2D eigenvalue weighted by molar-refractivity contribution is -0.117. The summed E-state index contributed by atoms with van der Waals surface area (Å²) >= 11 is 2.76. The van der Waals surface area contributed by atoms with Gasteiger partial charge >= 0.3 is 0 Å². The van der Waals surface area contributed by atoms with E-state index in [1.165, 1.54) is 23.1 Å². The molecule has 0 aliphatic carbocycles. The minimum absolute atomic E-state index is 0.0530. The van der Waals surface area contributed by atoms with Crippen LogP contribution in [0.15, 0.2) is 0 Å². The van der Waals surface area contributed by atoms with Gasteiger partial charge < -0.3 is 0 Å². The maximum atomic E-state index is 12.1. The van der Waals surface area contributed by atoms with Gasteiger partial charge in [0, 0.05) is 31.1 Å². The lowest BCUT2D eigenvalue weighted by Crippen LogP contribution is -2.24. The molecule has 1 fully saturated rings. The number of hydrogen-bond acceptors (Lipinski definition) is 6. The molecule has 0 bridgehead atoms. The molecule has 20 heavy (non-hydrogen) atoms. The van der Waals surface area contributed by atoms with Gasteiger partial charge in [0.05, 0.1) is 0 Å². The first kappa shape index (κ1) is 15.4. The van der Waals surface area contributed by atoms with Gasteiger partial charge in [-0.05, 0) is 5.92 Å². The van der Waals surface area contributed by atoms with Crippen LogP contribution in [0.25, 0.3) is 0 Å². The lowest BCUT2D eigenvalue weighted by Gasteiger charge is -2.14. The monoisotopic (exact) mass is 313 g/mol. The van der Waals surface area contributed by atoms with Crippen LogP contribution < -0.4 is 4.90 Å². The van der Waals surface area contributed by atoms with E-state index in [0.717, 1.165) is 5.01 Å². The minimum atomic E-state index is -0.0530. The Hall–Kier alpha value is -0.950. The second kappa shape index (κ2) is 5.81. The summed E-state index contributed by atoms with van der Waals surface area (Å²) in [5.74, 6) is 0.997. The van der Waals surface area contributed by atoms with Crippen LogP contribution in [-0.4, -0.2) is 33.5 Å². The van der Waals surface area contributed by atoms with Gasteiger partial charge in [-0.2, -0.15) is 0 Å². The number of rotatable bonds is 3. The number of anilines is 1. The Morgan fingerprint density at radius 1 is 1.45 bits per heavy atom. The van der Waals surface area contributed by atoms with E-state index in [0.29, 0.717) is 23.8 Å². The van der Waals surface area contributed by atoms with Crippen molar-refractivity contribution in [2.24, 2.45) is 5.92 Å². The highest BCUT2D eigenvalue weighted by Gasteiger charge is 2.33. The van der Waals surface area contributed by atoms with Gasteiger partial charge in [-0.25, -0.2) is 0 Å². The third-order valence-corrected chi connectivity index (χ3v) is 5.43. The van der Waals surface area contributed by atoms with E-state index < -0.39 is 0 Å². The normalized spacial score (nSPS) is 19.7. The summed E-state index contributed by atoms with van der Waals surface area (Å²) in [4.78, 5) is 24.8. The molecule has 0 spiro atoms. The number of nitrogens with zero attached hydrogens (tertiary/aromatic N) is 3. The smallest absolute Gasteiger partial charge is 0.229 e. The Labute approximate surface area is 127 Å². The van der Waals surface area contributed by atoms with Crippen LogP contribution in [0, 0.1) is 5.92 Å². The average molecular weight is 313 g/mol. The maximum absolute atomic E-state index is 12.1. The van der Waals surface area contributed by atoms with Gasteiger partial charge in [0.25, 0.3) is 0 Å². The summed E-state index contributed by atoms with van der Waals surface area (Å²) in [6, 6.07) is 0. The van der Waals surface area contributed by atoms with Crippen molar-refractivity contribution in [3.05, 3.63) is 5.01 Å². The van der Waals surface area contributed by atoms with Crippen LogP contribution in [0.3, 0.4) is 0 Å². The molecule has 2 rings (SSSR count). The predicted octanol–water partition coefficient (Wildman–Crippen LogP) is 2.47. The van der Waals surface area contributed by atoms with Crippen molar-refractivity contribution in [1.82, 2.24) is 10.2 Å². The molecule has 7 heteroatoms. The van der Waals surface area contributed by atoms with Gasteiger partial charge in [-0.3, -0.25) is 14.5 Å². The van der Waals surface area contributed by atoms with Crippen LogP contribution >= 0.6 is 23.1 Å². The Morgan fingerprint density at radius 3 is 2.70 bits per heavy atom. The summed E-state index contributed by atoms with van der Waals surface area (Å²) < 4.78 is 0. The predicted molar refractivity (Wildman–Crippen MR) is 82.2 cm³/mol. The molecule has 0 saturated carbocycles. The van der Waals surface area contributed by atoms with Crippen molar-refractivity contribution < 1.29 is 9.59 Å². The molecule has 1 aromatic heterocycles. The molecule has 0 aromatic carbocycles. The van der Waals surface area contributed by atoms with Gasteiger partial charge in [0.15, 0.2) is 5.12 Å². The molecular weight excluding hydrogens is 294 g/mol. The topological polar surface area (TPSA) is 63.2 Å². The third-order valence-electron chi connectivity index (χ3n) is 3.01. The molecule has 0 N–H and O–H groups in total. The van der Waals surface area contributed by atoms with E-state index in [9.17, 15) is 9.59 Å². The van der Waals surface area contributed by atoms with Crippen molar-refractivity contribution in [2.45, 2.75) is 39.5 Å². The van der Waals surface area contributed by atoms with E-state index in [-0.39, 0.29) is 22.4 Å². The largest absolute Gasteiger partial charge is 0.288 e. The minimum Gasteiger partial charge on any atom is -0.288 e. The Balaban J connectivity index is 2.04. The van der Waals surface area contributed by atoms with E-state index >= 15 is 0 Å². The van der Waals surface area contributed by atoms with Crippen LogP contribution in [0.5, 0.6) is 0 Å². The molecule has 1 aromatic rings. The fraction of sp³-hybridized carbons (Fsp3) is 0.692. The van der Waals surface area contributed by atoms with Crippen LogP contribution in [0.2, 0.25) is 0 Å². The molecule has 0 radical (unpaired) electrons. The quantitative estimate of drug-likeness (QED) is 0.858. The molecule has 1 saturated heterocycles. The Kier molecular flexibility index (Phi) is 4.49. The van der Waals surface area contributed by atoms with E-state index in [1.54, 1.807) is 11.8 Å². The standard InChI is InChI=1S/C13H19N3O2S2/c1-8(17)19-7-9-5-10(18)16(6-9)12-15-14-11(20-12)13(2,3)4/h9H,5-7H2,1-4H3. The van der Waals surface area contributed by atoms with E-state index in [2.05, 4.69) is 31.0 Å². The molecular formula is C13H19N3O2S2. The van der Waals surface area contributed by atoms with Crippen LogP contribution in [0.4, 0.5) is 5.13 Å². The first-order valence-electron chi connectivity index (χ1n) is 6.55. The maximum Gasteiger partial charge on any atom is 0.229 e. The summed E-state index contributed by atoms with van der Waals surface area (Å²) in [7, 11) is 0. The Morgan fingerprint density at radius 2 is 2.15 bits per heavy atom. The van der Waals surface area contributed by atoms with Crippen LogP contribution in [-0.2, 0) is 15.0 Å². The molecule has 5 nitrogen and oxygen atoms in total. The van der Waals surface area contributed by atoms with Crippen LogP contribution in [0.1, 0.15) is 39.1 Å². The number of thioether (sulfide) groups is 1. The van der Waals surface area contributed by atoms with Crippen molar-refractivity contribution in [2.75, 3.05) is 17.2 Å². The van der Waals surface area contributed by atoms with Crippen molar-refractivity contribution in [3.8, 4) is 0 Å². The fourth-order valence-electron chi connectivity index (χ4n) is 1.94. The molecule has 1 unspecified atom stereocenters. The van der Waals surface area contributed by atoms with Gasteiger partial charge in [0.1, 0.15) is 5.01 Å². The number of aromatic nitrogens is 2. The van der Waals surface area contributed by atoms with E-state index in [4.69, 9.17) is 0 Å². The highest BCUT2D eigenvalue weighted by Crippen LogP contribution is 2.33. The summed E-state index contributed by atoms with van der Waals surface area (Å²) in [6.07, 6.45) is 0.491. The first-order chi connectivity index (χ1) is 9.27. The Bertz CT molecular complexity index is 522. The van der Waals surface area contributed by atoms with E-state index in [1.807, 2.05) is 0 Å². The molecule has 1 atom stereocenters. The molecule has 1 aliphatic heterocycles. The third kappa shape index (κ3) is 3.58. The zero-order chi connectivity index (χ0) is 14.9. The zero-order valence-electron chi connectivity index (χ0n) is 12.2. The molecule has 2 heterocycles. The lowest BCUT2D eigenvalue weighted by atomic mass is 9.98. The number of carbonyl (C=O) groups excluding carboxylic acids is 2. The number of hydrogen-bond donors (Lipinski definition) is 0. The van der Waals surface area contributed by atoms with Crippen molar-refractivity contribution >= 4 is 39.3 Å². The summed E-state index contributed by atoms with van der Waals surface area (Å²) in [6.45, 7) is 8.43. The molecule has 110 valence electrons. The highest BCUT2D eigenvalue weighted by molar-refractivity contribution is 8.13. The zero-order valence-corrected chi connectivity index (χ0v) is 13.8. The second-order valence-electron chi connectivity index (χ2n) is 6.02. The summed E-state index contributed by atoms with van der Waals surface area (Å²) in [5, 5.41) is 10.0. The highest BCUT2D eigenvalue weighted by atomic mass is 32.2. The number of carbonyl (C=O) groups is 2. The summed E-state index contributed by atoms with van der Waals surface area (Å²) in [5.41, 5.74) is -0.0530. The van der Waals surface area contributed by atoms with Gasteiger partial charge in [-0.1, -0.05) is 43.9 Å². The molecule has 1 aliphatic rings. The van der Waals surface area contributed by atoms with Gasteiger partial charge in [-0.15, -0.1) is 10.2 Å².